The number of halogens is 2. The molecule has 0 aliphatic heterocycles. The zero-order valence-electron chi connectivity index (χ0n) is 8.01. The molecule has 0 aromatic heterocycles. The van der Waals surface area contributed by atoms with Crippen molar-refractivity contribution < 1.29 is 57.0 Å². The fraction of sp³-hybridized carbons (Fsp3) is 1.00. The third-order valence-electron chi connectivity index (χ3n) is 2.09. The minimum atomic E-state index is -4.67. The average Bonchev–Trinajstić information content (AvgIpc) is 2.03. The lowest BCUT2D eigenvalue weighted by Crippen LogP contribution is -2.66. The molecule has 16 heavy (non-hydrogen) atoms. The van der Waals surface area contributed by atoms with E-state index in [1.807, 2.05) is 0 Å². The summed E-state index contributed by atoms with van der Waals surface area (Å²) < 4.78 is 70.1. The molecule has 0 spiro atoms. The zero-order chi connectivity index (χ0) is 12.4. The average molecular weight is 281 g/mol. The van der Waals surface area contributed by atoms with Crippen molar-refractivity contribution in [1.29, 1.82) is 0 Å². The van der Waals surface area contributed by atoms with E-state index in [0.717, 1.165) is 0 Å². The molecule has 0 bridgehead atoms. The Balaban J connectivity index is 2.57. The fourth-order valence-electron chi connectivity index (χ4n) is 1.55. The van der Waals surface area contributed by atoms with Gasteiger partial charge in [-0.3, -0.25) is 0 Å². The zero-order valence-corrected chi connectivity index (χ0v) is 9.52. The van der Waals surface area contributed by atoms with Crippen molar-refractivity contribution in [3.8, 4) is 0 Å². The van der Waals surface area contributed by atoms with Crippen LogP contribution in [0.1, 0.15) is 25.7 Å². The fourth-order valence-corrected chi connectivity index (χ4v) is 2.52. The molecule has 0 N–H and O–H groups in total. The van der Waals surface area contributed by atoms with Crippen LogP contribution in [0.4, 0.5) is 0 Å². The minimum Gasteiger partial charge on any atom is -0.183 e. The predicted octanol–water partition coefficient (Wildman–Crippen LogP) is -5.87. The summed E-state index contributed by atoms with van der Waals surface area (Å²) in [5.74, 6) is 0. The summed E-state index contributed by atoms with van der Waals surface area (Å²) in [6.45, 7) is 0. The van der Waals surface area contributed by atoms with Crippen LogP contribution in [-0.4, -0.2) is 12.2 Å². The first-order valence-corrected chi connectivity index (χ1v) is 6.82. The highest BCUT2D eigenvalue weighted by Crippen LogP contribution is 2.26. The van der Waals surface area contributed by atoms with Gasteiger partial charge in [0.2, 0.25) is 0 Å². The van der Waals surface area contributed by atoms with Gasteiger partial charge in [-0.25, -0.2) is 0 Å². The number of hydrogen-bond acceptors (Lipinski definition) is 8. The standard InChI is InChI=1S/C6H10Cl2O8/c9-7(10,11)15-5-3-1-2-4-6(5)16-8(12,13)14/h5-6H,1-4H2/t5-,6+. The summed E-state index contributed by atoms with van der Waals surface area (Å²) in [4.78, 5) is 0. The molecular weight excluding hydrogens is 271 g/mol. The van der Waals surface area contributed by atoms with Crippen LogP contribution >= 0.6 is 0 Å². The first-order chi connectivity index (χ1) is 7.17. The van der Waals surface area contributed by atoms with E-state index in [0.29, 0.717) is 12.8 Å². The minimum absolute atomic E-state index is 0.143. The van der Waals surface area contributed by atoms with Gasteiger partial charge in [0.25, 0.3) is 12.2 Å². The molecule has 96 valence electrons. The van der Waals surface area contributed by atoms with E-state index >= 15 is 0 Å². The molecule has 10 heteroatoms. The van der Waals surface area contributed by atoms with E-state index in [4.69, 9.17) is 0 Å². The van der Waals surface area contributed by atoms with Crippen molar-refractivity contribution in [2.75, 3.05) is 0 Å². The van der Waals surface area contributed by atoms with E-state index in [1.54, 1.807) is 0 Å². The molecular formula is C6H10Cl2O8. The monoisotopic (exact) mass is 280 g/mol. The van der Waals surface area contributed by atoms with E-state index < -0.39 is 32.7 Å². The van der Waals surface area contributed by atoms with Crippen molar-refractivity contribution in [3.05, 3.63) is 0 Å². The predicted molar refractivity (Wildman–Crippen MR) is 28.2 cm³/mol. The number of hydrogen-bond donors (Lipinski definition) is 0. The van der Waals surface area contributed by atoms with E-state index in [-0.39, 0.29) is 12.8 Å². The van der Waals surface area contributed by atoms with E-state index in [1.165, 1.54) is 0 Å². The van der Waals surface area contributed by atoms with Crippen molar-refractivity contribution in [3.63, 3.8) is 0 Å². The van der Waals surface area contributed by atoms with Crippen molar-refractivity contribution in [2.24, 2.45) is 0 Å². The molecule has 0 amide bonds. The number of rotatable bonds is 4. The second-order valence-corrected chi connectivity index (χ2v) is 5.16. The SMILES string of the molecule is [O-][Cl+3]([O-])([O-])O[C@H]1CCCC[C@H]1O[Cl+3]([O-])([O-])[O-]. The molecule has 0 saturated heterocycles. The third-order valence-corrected chi connectivity index (χ3v) is 2.98. The van der Waals surface area contributed by atoms with Crippen LogP contribution in [0.25, 0.3) is 0 Å². The molecule has 2 atom stereocenters. The molecule has 1 rings (SSSR count). The van der Waals surface area contributed by atoms with Crippen molar-refractivity contribution >= 4 is 0 Å². The molecule has 0 aromatic rings. The van der Waals surface area contributed by atoms with Crippen LogP contribution < -0.4 is 28.0 Å². The van der Waals surface area contributed by atoms with Crippen LogP contribution in [0.15, 0.2) is 0 Å². The largest absolute Gasteiger partial charge is 0.255 e. The molecule has 1 fully saturated rings. The lowest BCUT2D eigenvalue weighted by Gasteiger charge is -2.26. The van der Waals surface area contributed by atoms with Crippen molar-refractivity contribution in [2.45, 2.75) is 37.9 Å². The van der Waals surface area contributed by atoms with Gasteiger partial charge in [0.15, 0.2) is 0 Å². The maximum atomic E-state index is 10.3. The maximum Gasteiger partial charge on any atom is 0.255 e. The maximum absolute atomic E-state index is 10.3. The van der Waals surface area contributed by atoms with Crippen molar-refractivity contribution in [1.82, 2.24) is 0 Å². The van der Waals surface area contributed by atoms with Gasteiger partial charge in [-0.05, 0) is 25.7 Å². The van der Waals surface area contributed by atoms with Crippen LogP contribution in [0.5, 0.6) is 0 Å². The van der Waals surface area contributed by atoms with Gasteiger partial charge < -0.3 is 0 Å². The topological polar surface area (TPSA) is 157 Å². The highest BCUT2D eigenvalue weighted by atomic mass is 35.7. The Morgan fingerprint density at radius 2 is 1.00 bits per heavy atom. The van der Waals surface area contributed by atoms with Gasteiger partial charge in [0.1, 0.15) is 0 Å². The quantitative estimate of drug-likeness (QED) is 0.492. The Bertz CT molecular complexity index is 200. The Morgan fingerprint density at radius 3 is 1.25 bits per heavy atom. The van der Waals surface area contributed by atoms with E-state index in [2.05, 4.69) is 8.58 Å². The summed E-state index contributed by atoms with van der Waals surface area (Å²) in [7, 11) is -9.33. The summed E-state index contributed by atoms with van der Waals surface area (Å²) in [5.41, 5.74) is 0. The normalized spacial score (nSPS) is 28.1. The van der Waals surface area contributed by atoms with E-state index in [9.17, 15) is 28.0 Å². The Labute approximate surface area is 95.5 Å². The van der Waals surface area contributed by atoms with Gasteiger partial charge in [-0.1, -0.05) is 0 Å². The molecule has 1 aliphatic carbocycles. The summed E-state index contributed by atoms with van der Waals surface area (Å²) >= 11 is 0. The van der Waals surface area contributed by atoms with Crippen LogP contribution in [0.2, 0.25) is 0 Å². The van der Waals surface area contributed by atoms with Gasteiger partial charge in [0.05, 0.1) is 29.1 Å². The molecule has 0 unspecified atom stereocenters. The van der Waals surface area contributed by atoms with Gasteiger partial charge in [-0.2, -0.15) is 28.0 Å². The van der Waals surface area contributed by atoms with Crippen LogP contribution in [0.3, 0.4) is 0 Å². The first-order valence-electron chi connectivity index (χ1n) is 4.36. The Hall–Kier alpha value is 0.260. The Kier molecular flexibility index (Phi) is 4.72. The molecule has 0 heterocycles. The molecule has 8 nitrogen and oxygen atoms in total. The van der Waals surface area contributed by atoms with Gasteiger partial charge in [-0.15, -0.1) is 0 Å². The summed E-state index contributed by atoms with van der Waals surface area (Å²) in [6, 6.07) is 0. The highest BCUT2D eigenvalue weighted by molar-refractivity contribution is 4.74. The summed E-state index contributed by atoms with van der Waals surface area (Å²) in [6.07, 6.45) is -1.05. The van der Waals surface area contributed by atoms with Gasteiger partial charge >= 0.3 is 0 Å². The van der Waals surface area contributed by atoms with Crippen LogP contribution in [-0.2, 0) is 8.58 Å². The first kappa shape index (κ1) is 14.3. The Morgan fingerprint density at radius 1 is 0.688 bits per heavy atom. The van der Waals surface area contributed by atoms with Gasteiger partial charge in [0, 0.05) is 0 Å². The lowest BCUT2D eigenvalue weighted by atomic mass is 9.95. The van der Waals surface area contributed by atoms with Crippen LogP contribution in [0, 0.1) is 20.5 Å². The molecule has 1 aliphatic rings. The molecule has 1 saturated carbocycles. The highest BCUT2D eigenvalue weighted by Gasteiger charge is 2.46. The lowest BCUT2D eigenvalue weighted by molar-refractivity contribution is -1.92. The molecule has 0 aromatic carbocycles. The molecule has 0 radical (unpaired) electrons. The summed E-state index contributed by atoms with van der Waals surface area (Å²) in [5, 5.41) is 0. The second-order valence-electron chi connectivity index (χ2n) is 3.30. The smallest absolute Gasteiger partial charge is 0.183 e. The third kappa shape index (κ3) is 5.55. The second kappa shape index (κ2) is 5.27.